The van der Waals surface area contributed by atoms with Crippen molar-refractivity contribution >= 4 is 19.8 Å². The number of ether oxygens (including phenoxy) is 2. The van der Waals surface area contributed by atoms with Gasteiger partial charge in [-0.3, -0.25) is 18.6 Å². The van der Waals surface area contributed by atoms with Gasteiger partial charge in [-0.2, -0.15) is 0 Å². The number of unbranched alkanes of at least 4 members (excludes halogenated alkanes) is 11. The Kier molecular flexibility index (Phi) is 35.9. The van der Waals surface area contributed by atoms with E-state index in [2.05, 4.69) is 91.3 Å². The molecule has 4 N–H and O–H groups in total. The van der Waals surface area contributed by atoms with Crippen LogP contribution in [0.1, 0.15) is 142 Å². The number of hydrogen-bond acceptors (Lipinski definition) is 8. The molecule has 0 aromatic rings. The van der Waals surface area contributed by atoms with Gasteiger partial charge in [0.05, 0.1) is 19.8 Å². The number of phosphoric ester groups is 1. The summed E-state index contributed by atoms with van der Waals surface area (Å²) in [4.78, 5) is 33.4. The van der Waals surface area contributed by atoms with E-state index in [1.165, 1.54) is 38.5 Å². The molecule has 0 aromatic carbocycles. The number of carboxylic acid groups (broad SMARTS) is 1. The molecule has 0 aliphatic heterocycles. The van der Waals surface area contributed by atoms with Gasteiger partial charge in [-0.25, -0.2) is 4.57 Å². The molecule has 3 atom stereocenters. The van der Waals surface area contributed by atoms with Crippen molar-refractivity contribution in [1.82, 2.24) is 0 Å². The third kappa shape index (κ3) is 37.5. The number of aliphatic carboxylic acids is 1. The molecule has 0 amide bonds. The van der Waals surface area contributed by atoms with Crippen LogP contribution >= 0.6 is 7.82 Å². The lowest BCUT2D eigenvalue weighted by Gasteiger charge is -2.20. The van der Waals surface area contributed by atoms with Gasteiger partial charge in [0, 0.05) is 13.0 Å². The summed E-state index contributed by atoms with van der Waals surface area (Å²) in [7, 11) is -4.63. The molecule has 0 aliphatic carbocycles. The molecule has 0 fully saturated rings. The maximum atomic E-state index is 12.6. The predicted octanol–water partition coefficient (Wildman–Crippen LogP) is 10.6. The number of carbonyl (C=O) groups is 2. The standard InChI is InChI=1S/C42H72NO9P/c1-3-5-7-9-11-13-15-17-18-19-20-21-22-23-24-26-28-30-32-34-41(44)52-39(37-50-53(47,48)51-38-40(43)42(45)46)36-49-35-33-31-29-27-25-16-14-12-10-8-6-4-2/h5,7,10-13,17-18,20-21,23-24,39-40H,3-4,6,8-9,14-16,19,22,25-38,43H2,1-2H3,(H,45,46)(H,47,48)/b7-5-,12-10-,13-11-,18-17-,21-20-,24-23-. The normalized spacial score (nSPS) is 14.8. The first kappa shape index (κ1) is 50.4. The van der Waals surface area contributed by atoms with E-state index in [0.29, 0.717) is 13.0 Å². The number of rotatable bonds is 37. The van der Waals surface area contributed by atoms with Gasteiger partial charge in [-0.1, -0.05) is 132 Å². The monoisotopic (exact) mass is 765 g/mol. The predicted molar refractivity (Wildman–Crippen MR) is 217 cm³/mol. The van der Waals surface area contributed by atoms with Crippen LogP contribution < -0.4 is 5.73 Å². The number of carbonyl (C=O) groups excluding carboxylic acids is 1. The first-order valence-electron chi connectivity index (χ1n) is 20.0. The van der Waals surface area contributed by atoms with Crippen LogP contribution in [0, 0.1) is 0 Å². The van der Waals surface area contributed by atoms with E-state index in [1.54, 1.807) is 0 Å². The van der Waals surface area contributed by atoms with Crippen molar-refractivity contribution in [2.75, 3.05) is 26.4 Å². The van der Waals surface area contributed by atoms with E-state index in [9.17, 15) is 19.0 Å². The minimum atomic E-state index is -4.63. The molecule has 0 saturated carbocycles. The van der Waals surface area contributed by atoms with Gasteiger partial charge in [-0.15, -0.1) is 0 Å². The maximum absolute atomic E-state index is 12.6. The molecule has 304 valence electrons. The first-order valence-corrected chi connectivity index (χ1v) is 21.5. The number of phosphoric acid groups is 1. The molecule has 0 saturated heterocycles. The largest absolute Gasteiger partial charge is 0.480 e. The molecule has 11 heteroatoms. The summed E-state index contributed by atoms with van der Waals surface area (Å²) in [6.07, 6.45) is 45.2. The fourth-order valence-corrected chi connectivity index (χ4v) is 5.62. The quantitative estimate of drug-likeness (QED) is 0.0241. The Balaban J connectivity index is 4.37. The number of carboxylic acids is 1. The minimum Gasteiger partial charge on any atom is -0.480 e. The topological polar surface area (TPSA) is 155 Å². The second kappa shape index (κ2) is 37.7. The molecule has 0 heterocycles. The molecule has 0 rings (SSSR count). The molecule has 0 aliphatic rings. The van der Waals surface area contributed by atoms with Gasteiger partial charge in [-0.05, 0) is 77.0 Å². The number of nitrogens with two attached hydrogens (primary N) is 1. The molecule has 53 heavy (non-hydrogen) atoms. The van der Waals surface area contributed by atoms with E-state index < -0.39 is 45.1 Å². The first-order chi connectivity index (χ1) is 25.7. The van der Waals surface area contributed by atoms with Crippen LogP contribution in [-0.4, -0.2) is 60.5 Å². The van der Waals surface area contributed by atoms with Crippen LogP contribution in [0.2, 0.25) is 0 Å². The van der Waals surface area contributed by atoms with E-state index in [0.717, 1.165) is 77.0 Å². The third-order valence-electron chi connectivity index (χ3n) is 7.97. The second-order valence-corrected chi connectivity index (χ2v) is 14.5. The molecule has 0 bridgehead atoms. The highest BCUT2D eigenvalue weighted by Crippen LogP contribution is 2.43. The minimum absolute atomic E-state index is 0.00514. The molecule has 3 unspecified atom stereocenters. The van der Waals surface area contributed by atoms with Gasteiger partial charge >= 0.3 is 19.8 Å². The summed E-state index contributed by atoms with van der Waals surface area (Å²) < 4.78 is 33.2. The van der Waals surface area contributed by atoms with Gasteiger partial charge in [0.1, 0.15) is 12.1 Å². The summed E-state index contributed by atoms with van der Waals surface area (Å²) in [6.45, 7) is 3.65. The Labute approximate surface area is 321 Å². The number of esters is 1. The summed E-state index contributed by atoms with van der Waals surface area (Å²) in [5.74, 6) is -1.82. The lowest BCUT2D eigenvalue weighted by molar-refractivity contribution is -0.154. The molecule has 10 nitrogen and oxygen atoms in total. The number of allylic oxidation sites excluding steroid dienone is 12. The summed E-state index contributed by atoms with van der Waals surface area (Å²) in [5, 5.41) is 8.87. The number of hydrogen-bond donors (Lipinski definition) is 3. The third-order valence-corrected chi connectivity index (χ3v) is 8.92. The fourth-order valence-electron chi connectivity index (χ4n) is 4.84. The summed E-state index contributed by atoms with van der Waals surface area (Å²) in [6, 6.07) is -1.48. The van der Waals surface area contributed by atoms with E-state index in [-0.39, 0.29) is 13.0 Å². The second-order valence-electron chi connectivity index (χ2n) is 13.0. The van der Waals surface area contributed by atoms with Gasteiger partial charge in [0.2, 0.25) is 0 Å². The highest BCUT2D eigenvalue weighted by molar-refractivity contribution is 7.47. The Morgan fingerprint density at radius 2 is 1.09 bits per heavy atom. The van der Waals surface area contributed by atoms with Crippen LogP contribution in [0.4, 0.5) is 0 Å². The average Bonchev–Trinajstić information content (AvgIpc) is 3.13. The average molecular weight is 766 g/mol. The lowest BCUT2D eigenvalue weighted by atomic mass is 10.1. The maximum Gasteiger partial charge on any atom is 0.472 e. The van der Waals surface area contributed by atoms with E-state index >= 15 is 0 Å². The van der Waals surface area contributed by atoms with Gasteiger partial charge < -0.3 is 25.2 Å². The molecule has 0 aromatic heterocycles. The molecule has 0 spiro atoms. The zero-order valence-electron chi connectivity index (χ0n) is 32.8. The van der Waals surface area contributed by atoms with Crippen molar-refractivity contribution in [2.45, 2.75) is 154 Å². The van der Waals surface area contributed by atoms with Crippen molar-refractivity contribution < 1.29 is 42.7 Å². The van der Waals surface area contributed by atoms with Crippen molar-refractivity contribution in [1.29, 1.82) is 0 Å². The van der Waals surface area contributed by atoms with Crippen LogP contribution in [0.25, 0.3) is 0 Å². The van der Waals surface area contributed by atoms with Crippen LogP contribution in [0.5, 0.6) is 0 Å². The van der Waals surface area contributed by atoms with Gasteiger partial charge in [0.15, 0.2) is 0 Å². The summed E-state index contributed by atoms with van der Waals surface area (Å²) in [5.41, 5.74) is 5.34. The Morgan fingerprint density at radius 3 is 1.66 bits per heavy atom. The molecule has 0 radical (unpaired) electrons. The molecular formula is C42H72NO9P. The Bertz CT molecular complexity index is 1120. The van der Waals surface area contributed by atoms with Crippen LogP contribution in [0.15, 0.2) is 72.9 Å². The van der Waals surface area contributed by atoms with Gasteiger partial charge in [0.25, 0.3) is 0 Å². The van der Waals surface area contributed by atoms with Crippen molar-refractivity contribution in [2.24, 2.45) is 5.73 Å². The highest BCUT2D eigenvalue weighted by atomic mass is 31.2. The Morgan fingerprint density at radius 1 is 0.623 bits per heavy atom. The molecular weight excluding hydrogens is 693 g/mol. The fraction of sp³-hybridized carbons (Fsp3) is 0.667. The highest BCUT2D eigenvalue weighted by Gasteiger charge is 2.27. The zero-order valence-corrected chi connectivity index (χ0v) is 33.7. The van der Waals surface area contributed by atoms with Crippen molar-refractivity contribution in [3.63, 3.8) is 0 Å². The SMILES string of the molecule is CC/C=C\C/C=C\C/C=C\C/C=C\C/C=C\CCCCCC(=O)OC(COCCCCCCCC/C=C\CCCC)COP(=O)(O)OCC(N)C(=O)O. The van der Waals surface area contributed by atoms with E-state index in [4.69, 9.17) is 24.8 Å². The summed E-state index contributed by atoms with van der Waals surface area (Å²) >= 11 is 0. The smallest absolute Gasteiger partial charge is 0.472 e. The van der Waals surface area contributed by atoms with Crippen LogP contribution in [0.3, 0.4) is 0 Å². The lowest BCUT2D eigenvalue weighted by Crippen LogP contribution is -2.34. The van der Waals surface area contributed by atoms with Crippen LogP contribution in [-0.2, 0) is 32.7 Å². The Hall–Kier alpha value is -2.59. The van der Waals surface area contributed by atoms with Crippen molar-refractivity contribution in [3.8, 4) is 0 Å². The zero-order chi connectivity index (χ0) is 39.1. The van der Waals surface area contributed by atoms with Crippen molar-refractivity contribution in [3.05, 3.63) is 72.9 Å². The van der Waals surface area contributed by atoms with E-state index in [1.807, 2.05) is 0 Å².